The lowest BCUT2D eigenvalue weighted by atomic mass is 10.1. The van der Waals surface area contributed by atoms with Gasteiger partial charge in [-0.3, -0.25) is 14.9 Å². The summed E-state index contributed by atoms with van der Waals surface area (Å²) < 4.78 is 11.8. The van der Waals surface area contributed by atoms with E-state index in [1.807, 2.05) is 67.5 Å². The quantitative estimate of drug-likeness (QED) is 0.165. The first-order valence-electron chi connectivity index (χ1n) is 15.8. The molecule has 0 aromatic heterocycles. The minimum absolute atomic E-state index is 0.0265. The van der Waals surface area contributed by atoms with Gasteiger partial charge >= 0.3 is 6.09 Å². The van der Waals surface area contributed by atoms with Gasteiger partial charge in [-0.2, -0.15) is 0 Å². The number of hydrogen-bond acceptors (Lipinski definition) is 8. The molecule has 1 aliphatic heterocycles. The molecule has 0 fully saturated rings. The third kappa shape index (κ3) is 9.51. The Kier molecular flexibility index (Phi) is 11.7. The van der Waals surface area contributed by atoms with Gasteiger partial charge in [-0.15, -0.1) is 0 Å². The number of nitrogens with one attached hydrogen (secondary N) is 2. The second-order valence-electron chi connectivity index (χ2n) is 11.6. The summed E-state index contributed by atoms with van der Waals surface area (Å²) >= 11 is 6.27. The van der Waals surface area contributed by atoms with Crippen LogP contribution < -0.4 is 25.0 Å². The Balaban J connectivity index is 1.28. The van der Waals surface area contributed by atoms with Gasteiger partial charge in [0.2, 0.25) is 17.8 Å². The summed E-state index contributed by atoms with van der Waals surface area (Å²) in [7, 11) is 5.49. The fourth-order valence-corrected chi connectivity index (χ4v) is 5.42. The van der Waals surface area contributed by atoms with Crippen LogP contribution >= 0.6 is 11.6 Å². The van der Waals surface area contributed by atoms with Crippen LogP contribution in [-0.2, 0) is 22.7 Å². The van der Waals surface area contributed by atoms with Gasteiger partial charge in [-0.1, -0.05) is 72.3 Å². The molecule has 1 aliphatic rings. The van der Waals surface area contributed by atoms with Crippen LogP contribution in [0.15, 0.2) is 102 Å². The second kappa shape index (κ2) is 16.5. The molecule has 0 saturated heterocycles. The number of fused-ring (bicyclic) bond motifs is 1. The molecule has 0 atom stereocenters. The summed E-state index contributed by atoms with van der Waals surface area (Å²) in [5.41, 5.74) is 3.55. The molecule has 2 N–H and O–H groups in total. The van der Waals surface area contributed by atoms with Crippen molar-refractivity contribution in [2.75, 3.05) is 44.5 Å². The number of carbonyl (C=O) groups excluding carboxylic acids is 3. The van der Waals surface area contributed by atoms with Crippen LogP contribution in [0.4, 0.5) is 21.9 Å². The first-order valence-corrected chi connectivity index (χ1v) is 16.2. The van der Waals surface area contributed by atoms with Gasteiger partial charge in [0.25, 0.3) is 0 Å². The molecule has 0 radical (unpaired) electrons. The van der Waals surface area contributed by atoms with Crippen molar-refractivity contribution in [1.29, 1.82) is 0 Å². The normalized spacial score (nSPS) is 11.9. The van der Waals surface area contributed by atoms with E-state index in [0.29, 0.717) is 53.9 Å². The number of halogens is 1. The van der Waals surface area contributed by atoms with Crippen molar-refractivity contribution in [3.8, 4) is 11.5 Å². The molecular formula is C37H39ClN6O5. The molecule has 0 saturated carbocycles. The average Bonchev–Trinajstić information content (AvgIpc) is 3.08. The minimum Gasteiger partial charge on any atom is -0.493 e. The highest BCUT2D eigenvalue weighted by Gasteiger charge is 2.27. The van der Waals surface area contributed by atoms with E-state index in [1.165, 1.54) is 0 Å². The average molecular weight is 683 g/mol. The topological polar surface area (TPSA) is 116 Å². The van der Waals surface area contributed by atoms with Crippen LogP contribution in [0, 0.1) is 0 Å². The minimum atomic E-state index is -0.762. The summed E-state index contributed by atoms with van der Waals surface area (Å²) in [5.74, 6) is 0.737. The zero-order valence-corrected chi connectivity index (χ0v) is 28.4. The first kappa shape index (κ1) is 34.8. The molecule has 1 heterocycles. The molecule has 4 aromatic rings. The molecule has 5 rings (SSSR count). The van der Waals surface area contributed by atoms with E-state index < -0.39 is 6.09 Å². The Morgan fingerprint density at radius 1 is 0.857 bits per heavy atom. The van der Waals surface area contributed by atoms with Crippen LogP contribution in [-0.4, -0.2) is 68.0 Å². The number of benzene rings is 4. The molecular weight excluding hydrogens is 644 g/mol. The lowest BCUT2D eigenvalue weighted by Gasteiger charge is -2.30. The molecule has 0 unspecified atom stereocenters. The summed E-state index contributed by atoms with van der Waals surface area (Å²) in [6.07, 6.45) is 0.0854. The SMILES string of the molecule is CN(Cc1ccccc1)C(=O)CCCOc1cccc2c1CN(CC(=O)Nc1ccccc1Cl)C(NC(=O)Oc1ccccc1N(C)C)=N2. The second-order valence-corrected chi connectivity index (χ2v) is 12.0. The van der Waals surface area contributed by atoms with E-state index in [-0.39, 0.29) is 30.9 Å². The lowest BCUT2D eigenvalue weighted by molar-refractivity contribution is -0.130. The van der Waals surface area contributed by atoms with E-state index in [4.69, 9.17) is 26.1 Å². The molecule has 0 aliphatic carbocycles. The zero-order chi connectivity index (χ0) is 34.8. The third-order valence-corrected chi connectivity index (χ3v) is 8.04. The summed E-state index contributed by atoms with van der Waals surface area (Å²) in [6.45, 7) is 0.889. The third-order valence-electron chi connectivity index (χ3n) is 7.71. The van der Waals surface area contributed by atoms with E-state index in [2.05, 4.69) is 10.6 Å². The summed E-state index contributed by atoms with van der Waals surface area (Å²) in [6, 6.07) is 29.4. The Morgan fingerprint density at radius 3 is 2.35 bits per heavy atom. The number of guanidine groups is 1. The van der Waals surface area contributed by atoms with Crippen molar-refractivity contribution in [3.63, 3.8) is 0 Å². The predicted molar refractivity (Wildman–Crippen MR) is 192 cm³/mol. The molecule has 0 spiro atoms. The number of aliphatic imine (C=N–C) groups is 1. The molecule has 11 nitrogen and oxygen atoms in total. The Morgan fingerprint density at radius 2 is 1.57 bits per heavy atom. The van der Waals surface area contributed by atoms with Crippen molar-refractivity contribution < 1.29 is 23.9 Å². The molecule has 3 amide bonds. The molecule has 0 bridgehead atoms. The molecule has 49 heavy (non-hydrogen) atoms. The van der Waals surface area contributed by atoms with Gasteiger partial charge in [0.05, 0.1) is 35.2 Å². The number of para-hydroxylation sites is 3. The van der Waals surface area contributed by atoms with Crippen LogP contribution in [0.1, 0.15) is 24.0 Å². The standard InChI is InChI=1S/C37H39ClN6O5/c1-42(2)31-18-9-10-19-33(31)49-37(47)41-36-40-29-17-11-20-32(48-22-12-21-35(46)43(3)23-26-13-5-4-6-14-26)27(29)24-44(36)25-34(45)39-30-16-8-7-15-28(30)38/h4-11,13-20H,12,21-25H2,1-3H3,(H,39,45)(H,40,41,47). The maximum absolute atomic E-state index is 13.2. The van der Waals surface area contributed by atoms with Crippen molar-refractivity contribution in [2.45, 2.75) is 25.9 Å². The van der Waals surface area contributed by atoms with E-state index in [9.17, 15) is 14.4 Å². The number of amides is 3. The number of hydrogen-bond donors (Lipinski definition) is 2. The largest absolute Gasteiger partial charge is 0.493 e. The molecule has 4 aromatic carbocycles. The van der Waals surface area contributed by atoms with Crippen LogP contribution in [0.25, 0.3) is 0 Å². The van der Waals surface area contributed by atoms with Gasteiger partial charge in [-0.25, -0.2) is 9.79 Å². The van der Waals surface area contributed by atoms with Crippen molar-refractivity contribution in [3.05, 3.63) is 113 Å². The number of nitrogens with zero attached hydrogens (tertiary/aromatic N) is 4. The Labute approximate surface area is 291 Å². The van der Waals surface area contributed by atoms with Crippen molar-refractivity contribution in [2.24, 2.45) is 4.99 Å². The van der Waals surface area contributed by atoms with Gasteiger partial charge in [0.15, 0.2) is 5.75 Å². The number of anilines is 2. The van der Waals surface area contributed by atoms with E-state index in [1.54, 1.807) is 65.4 Å². The van der Waals surface area contributed by atoms with E-state index in [0.717, 1.165) is 16.8 Å². The Hall–Kier alpha value is -5.55. The van der Waals surface area contributed by atoms with Gasteiger partial charge in [0, 0.05) is 39.7 Å². The highest BCUT2D eigenvalue weighted by molar-refractivity contribution is 6.33. The molecule has 12 heteroatoms. The predicted octanol–water partition coefficient (Wildman–Crippen LogP) is 6.45. The van der Waals surface area contributed by atoms with Crippen molar-refractivity contribution >= 4 is 52.5 Å². The fourth-order valence-electron chi connectivity index (χ4n) is 5.24. The first-order chi connectivity index (χ1) is 23.7. The number of rotatable bonds is 12. The highest BCUT2D eigenvalue weighted by atomic mass is 35.5. The Bertz CT molecular complexity index is 1820. The maximum atomic E-state index is 13.2. The fraction of sp³-hybridized carbons (Fsp3) is 0.243. The maximum Gasteiger partial charge on any atom is 0.419 e. The monoisotopic (exact) mass is 682 g/mol. The van der Waals surface area contributed by atoms with Gasteiger partial charge in [-0.05, 0) is 48.4 Å². The summed E-state index contributed by atoms with van der Waals surface area (Å²) in [4.78, 5) is 49.0. The number of ether oxygens (including phenoxy) is 2. The lowest BCUT2D eigenvalue weighted by Crippen LogP contribution is -2.48. The van der Waals surface area contributed by atoms with Crippen LogP contribution in [0.3, 0.4) is 0 Å². The smallest absolute Gasteiger partial charge is 0.419 e. The number of carbonyl (C=O) groups is 3. The zero-order valence-electron chi connectivity index (χ0n) is 27.7. The van der Waals surface area contributed by atoms with Gasteiger partial charge in [0.1, 0.15) is 12.3 Å². The van der Waals surface area contributed by atoms with E-state index >= 15 is 0 Å². The summed E-state index contributed by atoms with van der Waals surface area (Å²) in [5, 5.41) is 5.95. The molecule has 254 valence electrons. The highest BCUT2D eigenvalue weighted by Crippen LogP contribution is 2.34. The van der Waals surface area contributed by atoms with Crippen molar-refractivity contribution in [1.82, 2.24) is 15.1 Å². The van der Waals surface area contributed by atoms with Crippen LogP contribution in [0.2, 0.25) is 5.02 Å². The van der Waals surface area contributed by atoms with Crippen LogP contribution in [0.5, 0.6) is 11.5 Å². The van der Waals surface area contributed by atoms with Gasteiger partial charge < -0.3 is 29.5 Å².